The SMILES string of the molecule is CCCCCCCCCCCCCCCCCC(=O)[O-].CC[O-].[Mg+2]. The molecule has 0 aliphatic carbocycles. The molecule has 0 fully saturated rings. The van der Waals surface area contributed by atoms with Crippen LogP contribution in [0.3, 0.4) is 0 Å². The Morgan fingerprint density at radius 1 is 0.625 bits per heavy atom. The van der Waals surface area contributed by atoms with Gasteiger partial charge in [-0.15, -0.1) is 6.61 Å². The molecule has 0 aromatic carbocycles. The predicted molar refractivity (Wildman–Crippen MR) is 101 cm³/mol. The smallest absolute Gasteiger partial charge is 0.855 e. The standard InChI is InChI=1S/C18H36O2.C2H5O.Mg/c1-2-3-4-5-6-7-8-9-10-11-12-13-14-15-16-17-18(19)20;1-2-3;/h2-17H2,1H3,(H,19,20);2H2,1H3;/q;-1;+2/p-1. The number of hydrogen-bond donors (Lipinski definition) is 0. The fourth-order valence-corrected chi connectivity index (χ4v) is 2.64. The van der Waals surface area contributed by atoms with Crippen LogP contribution in [0.15, 0.2) is 0 Å². The van der Waals surface area contributed by atoms with Crippen molar-refractivity contribution >= 4 is 29.0 Å². The van der Waals surface area contributed by atoms with Gasteiger partial charge < -0.3 is 15.0 Å². The summed E-state index contributed by atoms with van der Waals surface area (Å²) in [6.45, 7) is 3.84. The molecule has 0 aromatic heterocycles. The Morgan fingerprint density at radius 2 is 0.875 bits per heavy atom. The van der Waals surface area contributed by atoms with Crippen LogP contribution in [-0.2, 0) is 4.79 Å². The number of aliphatic carboxylic acids is 1. The third-order valence-electron chi connectivity index (χ3n) is 3.98. The molecule has 4 heteroatoms. The van der Waals surface area contributed by atoms with Crippen molar-refractivity contribution < 1.29 is 15.0 Å². The molecule has 0 atom stereocenters. The van der Waals surface area contributed by atoms with Crippen LogP contribution < -0.4 is 10.2 Å². The number of carbonyl (C=O) groups excluding carboxylic acids is 1. The number of hydrogen-bond acceptors (Lipinski definition) is 3. The topological polar surface area (TPSA) is 63.2 Å². The van der Waals surface area contributed by atoms with Gasteiger partial charge in [0.05, 0.1) is 0 Å². The molecule has 0 aliphatic heterocycles. The molecule has 0 bridgehead atoms. The van der Waals surface area contributed by atoms with E-state index >= 15 is 0 Å². The zero-order valence-corrected chi connectivity index (χ0v) is 17.9. The molecule has 0 N–H and O–H groups in total. The Bertz CT molecular complexity index is 223. The van der Waals surface area contributed by atoms with Crippen LogP contribution in [0.1, 0.15) is 117 Å². The Morgan fingerprint density at radius 3 is 1.12 bits per heavy atom. The average Bonchev–Trinajstić information content (AvgIpc) is 2.51. The minimum absolute atomic E-state index is 0. The second-order valence-corrected chi connectivity index (χ2v) is 6.36. The van der Waals surface area contributed by atoms with Crippen molar-refractivity contribution in [2.45, 2.75) is 117 Å². The van der Waals surface area contributed by atoms with Gasteiger partial charge in [-0.25, -0.2) is 0 Å². The van der Waals surface area contributed by atoms with Gasteiger partial charge in [0, 0.05) is 5.97 Å². The van der Waals surface area contributed by atoms with E-state index in [4.69, 9.17) is 5.11 Å². The summed E-state index contributed by atoms with van der Waals surface area (Å²) < 4.78 is 0. The maximum absolute atomic E-state index is 10.2. The first kappa shape index (κ1) is 29.0. The summed E-state index contributed by atoms with van der Waals surface area (Å²) in [5.74, 6) is -0.903. The molecular weight excluding hydrogens is 313 g/mol. The van der Waals surface area contributed by atoms with Gasteiger partial charge in [0.2, 0.25) is 0 Å². The van der Waals surface area contributed by atoms with E-state index in [0.717, 1.165) is 12.8 Å². The fraction of sp³-hybridized carbons (Fsp3) is 0.950. The molecule has 0 unspecified atom stereocenters. The second-order valence-electron chi connectivity index (χ2n) is 6.36. The van der Waals surface area contributed by atoms with Crippen molar-refractivity contribution in [3.05, 3.63) is 0 Å². The third-order valence-corrected chi connectivity index (χ3v) is 3.98. The largest absolute Gasteiger partial charge is 2.00 e. The average molecular weight is 353 g/mol. The Labute approximate surface area is 167 Å². The van der Waals surface area contributed by atoms with Gasteiger partial charge in [0.15, 0.2) is 0 Å². The summed E-state index contributed by atoms with van der Waals surface area (Å²) in [5, 5.41) is 19.2. The van der Waals surface area contributed by atoms with Crippen LogP contribution in [-0.4, -0.2) is 35.6 Å². The molecule has 0 heterocycles. The third kappa shape index (κ3) is 33.7. The van der Waals surface area contributed by atoms with Gasteiger partial charge in [-0.2, -0.15) is 0 Å². The van der Waals surface area contributed by atoms with Crippen molar-refractivity contribution in [3.63, 3.8) is 0 Å². The van der Waals surface area contributed by atoms with Crippen LogP contribution in [0.25, 0.3) is 0 Å². The molecule has 0 rings (SSSR count). The molecule has 0 radical (unpaired) electrons. The first-order chi connectivity index (χ1) is 11.2. The summed E-state index contributed by atoms with van der Waals surface area (Å²) >= 11 is 0. The molecule has 24 heavy (non-hydrogen) atoms. The molecule has 0 saturated carbocycles. The van der Waals surface area contributed by atoms with Crippen LogP contribution in [0.2, 0.25) is 0 Å². The van der Waals surface area contributed by atoms with Gasteiger partial charge in [-0.1, -0.05) is 104 Å². The van der Waals surface area contributed by atoms with E-state index in [1.54, 1.807) is 6.92 Å². The molecule has 0 spiro atoms. The predicted octanol–water partition coefficient (Wildman–Crippen LogP) is 3.98. The quantitative estimate of drug-likeness (QED) is 0.312. The summed E-state index contributed by atoms with van der Waals surface area (Å²) in [6, 6.07) is 0. The Hall–Kier alpha value is 0.196. The van der Waals surface area contributed by atoms with E-state index < -0.39 is 5.97 Å². The minimum Gasteiger partial charge on any atom is -0.855 e. The van der Waals surface area contributed by atoms with Crippen molar-refractivity contribution in [3.8, 4) is 0 Å². The second kappa shape index (κ2) is 28.0. The van der Waals surface area contributed by atoms with Crippen LogP contribution in [0, 0.1) is 0 Å². The number of carbonyl (C=O) groups is 1. The van der Waals surface area contributed by atoms with Crippen LogP contribution in [0.5, 0.6) is 0 Å². The zero-order chi connectivity index (χ0) is 17.6. The Balaban J connectivity index is -0.00000102. The normalized spacial score (nSPS) is 9.79. The first-order valence-corrected chi connectivity index (χ1v) is 9.96. The monoisotopic (exact) mass is 352 g/mol. The number of unbranched alkanes of at least 4 members (excludes halogenated alkanes) is 14. The van der Waals surface area contributed by atoms with Gasteiger partial charge in [0.25, 0.3) is 0 Å². The van der Waals surface area contributed by atoms with E-state index in [1.807, 2.05) is 0 Å². The molecule has 0 saturated heterocycles. The summed E-state index contributed by atoms with van der Waals surface area (Å²) in [7, 11) is 0. The van der Waals surface area contributed by atoms with Gasteiger partial charge >= 0.3 is 23.1 Å². The molecule has 0 aromatic rings. The molecule has 3 nitrogen and oxygen atoms in total. The summed E-state index contributed by atoms with van der Waals surface area (Å²) in [4.78, 5) is 10.2. The van der Waals surface area contributed by atoms with Crippen LogP contribution >= 0.6 is 0 Å². The molecule has 140 valence electrons. The molecular formula is C20H40MgO3. The van der Waals surface area contributed by atoms with Crippen molar-refractivity contribution in [2.24, 2.45) is 0 Å². The first-order valence-electron chi connectivity index (χ1n) is 9.96. The van der Waals surface area contributed by atoms with Crippen molar-refractivity contribution in [1.29, 1.82) is 0 Å². The molecule has 0 amide bonds. The summed E-state index contributed by atoms with van der Waals surface area (Å²) in [6.07, 6.45) is 19.9. The van der Waals surface area contributed by atoms with Gasteiger partial charge in [-0.05, 0) is 12.8 Å². The van der Waals surface area contributed by atoms with E-state index in [9.17, 15) is 9.90 Å². The van der Waals surface area contributed by atoms with E-state index in [0.29, 0.717) is 0 Å². The zero-order valence-electron chi connectivity index (χ0n) is 16.5. The number of carboxylic acid groups (broad SMARTS) is 1. The van der Waals surface area contributed by atoms with Crippen molar-refractivity contribution in [2.75, 3.05) is 6.61 Å². The van der Waals surface area contributed by atoms with Crippen LogP contribution in [0.4, 0.5) is 0 Å². The van der Waals surface area contributed by atoms with E-state index in [-0.39, 0.29) is 36.1 Å². The Kier molecular flexibility index (Phi) is 33.8. The molecule has 0 aliphatic rings. The maximum Gasteiger partial charge on any atom is 2.00 e. The van der Waals surface area contributed by atoms with Gasteiger partial charge in [0.1, 0.15) is 0 Å². The minimum atomic E-state index is -0.903. The number of carboxylic acids is 1. The summed E-state index contributed by atoms with van der Waals surface area (Å²) in [5.41, 5.74) is 0. The maximum atomic E-state index is 10.2. The fourth-order valence-electron chi connectivity index (χ4n) is 2.64. The number of rotatable bonds is 16. The van der Waals surface area contributed by atoms with Gasteiger partial charge in [-0.3, -0.25) is 0 Å². The van der Waals surface area contributed by atoms with E-state index in [1.165, 1.54) is 83.5 Å². The van der Waals surface area contributed by atoms with Crippen molar-refractivity contribution in [1.82, 2.24) is 0 Å². The van der Waals surface area contributed by atoms with E-state index in [2.05, 4.69) is 6.92 Å².